The zero-order chi connectivity index (χ0) is 19.7. The lowest BCUT2D eigenvalue weighted by molar-refractivity contribution is 0.0707. The maximum atomic E-state index is 12.5. The van der Waals surface area contributed by atoms with Crippen molar-refractivity contribution in [2.45, 2.75) is 18.8 Å². The summed E-state index contributed by atoms with van der Waals surface area (Å²) >= 11 is 1.43. The van der Waals surface area contributed by atoms with Crippen LogP contribution in [0.1, 0.15) is 34.9 Å². The number of carbonyl (C=O) groups excluding carboxylic acids is 1. The van der Waals surface area contributed by atoms with Crippen LogP contribution in [-0.2, 0) is 0 Å². The summed E-state index contributed by atoms with van der Waals surface area (Å²) in [5, 5.41) is 2.70. The zero-order valence-electron chi connectivity index (χ0n) is 15.8. The Morgan fingerprint density at radius 1 is 1.18 bits per heavy atom. The van der Waals surface area contributed by atoms with Gasteiger partial charge in [0.1, 0.15) is 5.69 Å². The molecule has 1 aromatic carbocycles. The molecule has 1 aliphatic heterocycles. The lowest BCUT2D eigenvalue weighted by Gasteiger charge is -2.31. The van der Waals surface area contributed by atoms with E-state index in [1.807, 2.05) is 23.1 Å². The lowest BCUT2D eigenvalue weighted by atomic mass is 9.91. The first kappa shape index (κ1) is 18.5. The van der Waals surface area contributed by atoms with Gasteiger partial charge in [-0.05, 0) is 25.0 Å². The van der Waals surface area contributed by atoms with Crippen molar-refractivity contribution < 1.29 is 14.3 Å². The molecule has 1 fully saturated rings. The minimum absolute atomic E-state index is 0.00373. The van der Waals surface area contributed by atoms with Crippen LogP contribution in [0.25, 0.3) is 10.9 Å². The highest BCUT2D eigenvalue weighted by Crippen LogP contribution is 2.36. The SMILES string of the molecule is COc1cc2cc(N)c(C3CCN(C(=O)c4cscn4)CC3)nc2cc1OC. The van der Waals surface area contributed by atoms with Crippen LogP contribution >= 0.6 is 11.3 Å². The summed E-state index contributed by atoms with van der Waals surface area (Å²) in [6.45, 7) is 1.35. The minimum atomic E-state index is -0.00373. The highest BCUT2D eigenvalue weighted by Gasteiger charge is 2.27. The number of methoxy groups -OCH3 is 2. The fourth-order valence-electron chi connectivity index (χ4n) is 3.70. The van der Waals surface area contributed by atoms with Gasteiger partial charge in [-0.3, -0.25) is 9.78 Å². The number of likely N-dealkylation sites (tertiary alicyclic amines) is 1. The molecule has 0 bridgehead atoms. The van der Waals surface area contributed by atoms with Gasteiger partial charge in [-0.1, -0.05) is 0 Å². The number of nitrogens with two attached hydrogens (primary N) is 1. The Bertz CT molecular complexity index is 998. The van der Waals surface area contributed by atoms with Crippen LogP contribution in [0.2, 0.25) is 0 Å². The van der Waals surface area contributed by atoms with Gasteiger partial charge in [0.05, 0.1) is 36.6 Å². The molecule has 0 atom stereocenters. The van der Waals surface area contributed by atoms with E-state index in [1.165, 1.54) is 11.3 Å². The third kappa shape index (κ3) is 3.35. The van der Waals surface area contributed by atoms with Crippen LogP contribution in [0.15, 0.2) is 29.1 Å². The number of piperidine rings is 1. The molecule has 2 aromatic heterocycles. The monoisotopic (exact) mass is 398 g/mol. The van der Waals surface area contributed by atoms with E-state index in [1.54, 1.807) is 25.1 Å². The normalized spacial score (nSPS) is 15.0. The number of pyridine rings is 1. The molecule has 8 heteroatoms. The van der Waals surface area contributed by atoms with E-state index in [9.17, 15) is 4.79 Å². The number of nitrogen functional groups attached to an aromatic ring is 1. The number of fused-ring (bicyclic) bond motifs is 1. The van der Waals surface area contributed by atoms with Gasteiger partial charge < -0.3 is 20.1 Å². The minimum Gasteiger partial charge on any atom is -0.493 e. The number of hydrogen-bond acceptors (Lipinski definition) is 7. The molecule has 4 rings (SSSR count). The molecule has 146 valence electrons. The molecule has 0 saturated carbocycles. The topological polar surface area (TPSA) is 90.6 Å². The van der Waals surface area contributed by atoms with E-state index in [2.05, 4.69) is 4.98 Å². The summed E-state index contributed by atoms with van der Waals surface area (Å²) in [4.78, 5) is 23.3. The number of benzene rings is 1. The zero-order valence-corrected chi connectivity index (χ0v) is 16.7. The smallest absolute Gasteiger partial charge is 0.273 e. The van der Waals surface area contributed by atoms with Gasteiger partial charge in [0.15, 0.2) is 11.5 Å². The molecule has 0 radical (unpaired) electrons. The summed E-state index contributed by atoms with van der Waals surface area (Å²) in [5.41, 5.74) is 10.9. The van der Waals surface area contributed by atoms with E-state index in [0.29, 0.717) is 36.0 Å². The van der Waals surface area contributed by atoms with E-state index < -0.39 is 0 Å². The molecule has 7 nitrogen and oxygen atoms in total. The first-order valence-corrected chi connectivity index (χ1v) is 10.0. The molecular formula is C20H22N4O3S. The van der Waals surface area contributed by atoms with Crippen molar-refractivity contribution in [3.8, 4) is 11.5 Å². The van der Waals surface area contributed by atoms with Crippen molar-refractivity contribution in [3.05, 3.63) is 40.5 Å². The lowest BCUT2D eigenvalue weighted by Crippen LogP contribution is -2.38. The molecule has 0 spiro atoms. The highest BCUT2D eigenvalue weighted by molar-refractivity contribution is 7.07. The van der Waals surface area contributed by atoms with Gasteiger partial charge in [-0.2, -0.15) is 0 Å². The number of rotatable bonds is 4. The summed E-state index contributed by atoms with van der Waals surface area (Å²) in [6, 6.07) is 5.70. The van der Waals surface area contributed by atoms with Gasteiger partial charge in [0, 0.05) is 35.8 Å². The number of nitrogens with zero attached hydrogens (tertiary/aromatic N) is 3. The number of anilines is 1. The van der Waals surface area contributed by atoms with E-state index >= 15 is 0 Å². The van der Waals surface area contributed by atoms with Gasteiger partial charge in [-0.25, -0.2) is 4.98 Å². The fraction of sp³-hybridized carbons (Fsp3) is 0.350. The number of amides is 1. The molecule has 3 aromatic rings. The molecule has 1 amide bonds. The summed E-state index contributed by atoms with van der Waals surface area (Å²) in [6.07, 6.45) is 1.65. The van der Waals surface area contributed by atoms with Crippen molar-refractivity contribution in [2.75, 3.05) is 33.0 Å². The van der Waals surface area contributed by atoms with E-state index in [-0.39, 0.29) is 11.8 Å². The first-order chi connectivity index (χ1) is 13.6. The second kappa shape index (κ2) is 7.63. The van der Waals surface area contributed by atoms with Gasteiger partial charge in [-0.15, -0.1) is 11.3 Å². The average molecular weight is 398 g/mol. The predicted octanol–water partition coefficient (Wildman–Crippen LogP) is 3.31. The predicted molar refractivity (Wildman–Crippen MR) is 109 cm³/mol. The average Bonchev–Trinajstić information content (AvgIpc) is 3.27. The van der Waals surface area contributed by atoms with Gasteiger partial charge >= 0.3 is 0 Å². The molecule has 2 N–H and O–H groups in total. The van der Waals surface area contributed by atoms with Crippen LogP contribution in [0, 0.1) is 0 Å². The van der Waals surface area contributed by atoms with E-state index in [0.717, 1.165) is 29.4 Å². The van der Waals surface area contributed by atoms with Gasteiger partial charge in [0.25, 0.3) is 5.91 Å². The van der Waals surface area contributed by atoms with Crippen LogP contribution in [0.3, 0.4) is 0 Å². The van der Waals surface area contributed by atoms with Crippen LogP contribution in [-0.4, -0.2) is 48.1 Å². The molecular weight excluding hydrogens is 376 g/mol. The van der Waals surface area contributed by atoms with Crippen molar-refractivity contribution in [1.29, 1.82) is 0 Å². The van der Waals surface area contributed by atoms with Crippen LogP contribution in [0.4, 0.5) is 5.69 Å². The van der Waals surface area contributed by atoms with E-state index in [4.69, 9.17) is 20.2 Å². The Hall–Kier alpha value is -2.87. The maximum absolute atomic E-state index is 12.5. The number of thiazole rings is 1. The molecule has 1 saturated heterocycles. The van der Waals surface area contributed by atoms with Crippen molar-refractivity contribution >= 4 is 33.8 Å². The number of carbonyl (C=O) groups is 1. The Morgan fingerprint density at radius 3 is 2.54 bits per heavy atom. The highest BCUT2D eigenvalue weighted by atomic mass is 32.1. The summed E-state index contributed by atoms with van der Waals surface area (Å²) < 4.78 is 10.8. The Balaban J connectivity index is 1.56. The van der Waals surface area contributed by atoms with Crippen molar-refractivity contribution in [1.82, 2.24) is 14.9 Å². The number of hydrogen-bond donors (Lipinski definition) is 1. The molecule has 3 heterocycles. The summed E-state index contributed by atoms with van der Waals surface area (Å²) in [7, 11) is 3.21. The standard InChI is InChI=1S/C20H22N4O3S/c1-26-17-8-13-7-14(21)19(23-15(13)9-18(17)27-2)12-3-5-24(6-4-12)20(25)16-10-28-11-22-16/h7-12H,3-6,21H2,1-2H3. The molecule has 28 heavy (non-hydrogen) atoms. The third-order valence-electron chi connectivity index (χ3n) is 5.20. The Kier molecular flexibility index (Phi) is 5.04. The molecule has 1 aliphatic rings. The largest absolute Gasteiger partial charge is 0.493 e. The fourth-order valence-corrected chi connectivity index (χ4v) is 4.22. The van der Waals surface area contributed by atoms with Gasteiger partial charge in [0.2, 0.25) is 0 Å². The molecule has 0 unspecified atom stereocenters. The summed E-state index contributed by atoms with van der Waals surface area (Å²) in [5.74, 6) is 1.51. The maximum Gasteiger partial charge on any atom is 0.273 e. The third-order valence-corrected chi connectivity index (χ3v) is 5.79. The second-order valence-electron chi connectivity index (χ2n) is 6.80. The Morgan fingerprint density at radius 2 is 1.89 bits per heavy atom. The Labute approximate surface area is 167 Å². The van der Waals surface area contributed by atoms with Crippen molar-refractivity contribution in [2.24, 2.45) is 0 Å². The van der Waals surface area contributed by atoms with Crippen LogP contribution in [0.5, 0.6) is 11.5 Å². The van der Waals surface area contributed by atoms with Crippen LogP contribution < -0.4 is 15.2 Å². The number of aromatic nitrogens is 2. The quantitative estimate of drug-likeness (QED) is 0.725. The molecule has 0 aliphatic carbocycles. The first-order valence-electron chi connectivity index (χ1n) is 9.10. The number of ether oxygens (including phenoxy) is 2. The second-order valence-corrected chi connectivity index (χ2v) is 7.52. The van der Waals surface area contributed by atoms with Crippen molar-refractivity contribution in [3.63, 3.8) is 0 Å².